The average Bonchev–Trinajstić information content (AvgIpc) is 2.39. The van der Waals surface area contributed by atoms with Crippen LogP contribution in [0.15, 0.2) is 18.2 Å². The van der Waals surface area contributed by atoms with E-state index in [2.05, 4.69) is 18.3 Å². The van der Waals surface area contributed by atoms with Crippen molar-refractivity contribution in [2.24, 2.45) is 0 Å². The van der Waals surface area contributed by atoms with E-state index < -0.39 is 6.10 Å². The van der Waals surface area contributed by atoms with Crippen LogP contribution >= 0.6 is 0 Å². The van der Waals surface area contributed by atoms with Gasteiger partial charge in [-0.05, 0) is 25.0 Å². The lowest BCUT2D eigenvalue weighted by Crippen LogP contribution is -2.33. The number of aryl methyl sites for hydroxylation is 1. The van der Waals surface area contributed by atoms with Gasteiger partial charge in [0.25, 0.3) is 5.91 Å². The maximum Gasteiger partial charge on any atom is 0.261 e. The number of amides is 1. The molecule has 2 rings (SSSR count). The molecule has 1 atom stereocenters. The lowest BCUT2D eigenvalue weighted by molar-refractivity contribution is -0.126. The molecule has 3 heteroatoms. The fourth-order valence-corrected chi connectivity index (χ4v) is 1.64. The fourth-order valence-electron chi connectivity index (χ4n) is 1.64. The highest BCUT2D eigenvalue weighted by molar-refractivity contribution is 5.81. The highest BCUT2D eigenvalue weighted by Crippen LogP contribution is 2.24. The summed E-state index contributed by atoms with van der Waals surface area (Å²) in [7, 11) is 0. The number of hydrogen-bond donors (Lipinski definition) is 1. The molecule has 0 aliphatic carbocycles. The molecular weight excluding hydrogens is 190 g/mol. The van der Waals surface area contributed by atoms with Crippen molar-refractivity contribution >= 4 is 5.91 Å². The van der Waals surface area contributed by atoms with Gasteiger partial charge in [-0.3, -0.25) is 4.79 Å². The minimum Gasteiger partial charge on any atom is -0.481 e. The van der Waals surface area contributed by atoms with Crippen molar-refractivity contribution < 1.29 is 9.53 Å². The Hall–Kier alpha value is -1.51. The van der Waals surface area contributed by atoms with Crippen LogP contribution < -0.4 is 10.1 Å². The summed E-state index contributed by atoms with van der Waals surface area (Å²) in [6, 6.07) is 6.11. The van der Waals surface area contributed by atoms with E-state index in [0.29, 0.717) is 6.54 Å². The van der Waals surface area contributed by atoms with Gasteiger partial charge in [0.1, 0.15) is 5.75 Å². The predicted octanol–water partition coefficient (Wildman–Crippen LogP) is 1.65. The van der Waals surface area contributed by atoms with Crippen molar-refractivity contribution in [1.82, 2.24) is 5.32 Å². The third-order valence-electron chi connectivity index (χ3n) is 2.67. The van der Waals surface area contributed by atoms with E-state index in [0.717, 1.165) is 17.7 Å². The molecule has 1 aliphatic heterocycles. The maximum absolute atomic E-state index is 11.4. The number of benzene rings is 1. The Balaban J connectivity index is 2.35. The first-order valence-corrected chi connectivity index (χ1v) is 5.27. The second-order valence-electron chi connectivity index (χ2n) is 3.77. The van der Waals surface area contributed by atoms with Crippen LogP contribution in [-0.2, 0) is 17.8 Å². The maximum atomic E-state index is 11.4. The molecule has 1 heterocycles. The molecule has 1 N–H and O–H groups in total. The third kappa shape index (κ3) is 1.96. The predicted molar refractivity (Wildman–Crippen MR) is 57.8 cm³/mol. The monoisotopic (exact) mass is 205 g/mol. The molecule has 0 saturated heterocycles. The Kier molecular flexibility index (Phi) is 2.62. The van der Waals surface area contributed by atoms with E-state index in [1.165, 1.54) is 5.56 Å². The fraction of sp³-hybridized carbons (Fsp3) is 0.417. The van der Waals surface area contributed by atoms with Gasteiger partial charge in [-0.15, -0.1) is 0 Å². The summed E-state index contributed by atoms with van der Waals surface area (Å²) in [5.41, 5.74) is 2.28. The van der Waals surface area contributed by atoms with Gasteiger partial charge < -0.3 is 10.1 Å². The molecule has 1 aliphatic rings. The summed E-state index contributed by atoms with van der Waals surface area (Å²) in [5.74, 6) is 0.782. The van der Waals surface area contributed by atoms with E-state index >= 15 is 0 Å². The van der Waals surface area contributed by atoms with Crippen molar-refractivity contribution in [2.75, 3.05) is 0 Å². The Morgan fingerprint density at radius 1 is 1.53 bits per heavy atom. The second kappa shape index (κ2) is 3.93. The minimum absolute atomic E-state index is 0.0516. The molecular formula is C12H15NO2. The van der Waals surface area contributed by atoms with Crippen LogP contribution in [0.1, 0.15) is 25.0 Å². The van der Waals surface area contributed by atoms with Crippen molar-refractivity contribution in [2.45, 2.75) is 32.9 Å². The molecule has 1 amide bonds. The van der Waals surface area contributed by atoms with Crippen LogP contribution in [0.2, 0.25) is 0 Å². The number of fused-ring (bicyclic) bond motifs is 1. The molecule has 0 radical (unpaired) electrons. The van der Waals surface area contributed by atoms with Gasteiger partial charge in [0.2, 0.25) is 0 Å². The minimum atomic E-state index is -0.404. The number of carbonyl (C=O) groups is 1. The lowest BCUT2D eigenvalue weighted by atomic mass is 10.1. The third-order valence-corrected chi connectivity index (χ3v) is 2.67. The van der Waals surface area contributed by atoms with Crippen LogP contribution in [0.4, 0.5) is 0 Å². The molecule has 0 aromatic heterocycles. The van der Waals surface area contributed by atoms with Crippen molar-refractivity contribution in [3.05, 3.63) is 29.3 Å². The molecule has 3 nitrogen and oxygen atoms in total. The van der Waals surface area contributed by atoms with E-state index in [4.69, 9.17) is 4.74 Å². The largest absolute Gasteiger partial charge is 0.481 e. The smallest absolute Gasteiger partial charge is 0.261 e. The van der Waals surface area contributed by atoms with E-state index in [1.54, 1.807) is 6.92 Å². The normalized spacial score (nSPS) is 19.9. The topological polar surface area (TPSA) is 38.3 Å². The zero-order valence-corrected chi connectivity index (χ0v) is 9.04. The molecule has 0 saturated carbocycles. The van der Waals surface area contributed by atoms with Crippen molar-refractivity contribution in [3.8, 4) is 5.75 Å². The number of carbonyl (C=O) groups excluding carboxylic acids is 1. The van der Waals surface area contributed by atoms with Gasteiger partial charge in [-0.2, -0.15) is 0 Å². The summed E-state index contributed by atoms with van der Waals surface area (Å²) < 4.78 is 5.60. The van der Waals surface area contributed by atoms with Gasteiger partial charge >= 0.3 is 0 Å². The quantitative estimate of drug-likeness (QED) is 0.757. The first-order valence-electron chi connectivity index (χ1n) is 5.27. The van der Waals surface area contributed by atoms with E-state index in [9.17, 15) is 4.79 Å². The Bertz CT molecular complexity index is 387. The molecule has 1 aromatic rings. The Morgan fingerprint density at radius 2 is 2.33 bits per heavy atom. The van der Waals surface area contributed by atoms with E-state index in [-0.39, 0.29) is 5.91 Å². The van der Waals surface area contributed by atoms with Crippen LogP contribution in [0.5, 0.6) is 5.75 Å². The number of nitrogens with one attached hydrogen (secondary N) is 1. The van der Waals surface area contributed by atoms with Crippen molar-refractivity contribution in [1.29, 1.82) is 0 Å². The SMILES string of the molecule is CCc1ccc2c(c1)OC(C)C(=O)NC2. The molecule has 0 bridgehead atoms. The summed E-state index contributed by atoms with van der Waals surface area (Å²) in [4.78, 5) is 11.4. The highest BCUT2D eigenvalue weighted by atomic mass is 16.5. The first kappa shape index (κ1) is 10.0. The Morgan fingerprint density at radius 3 is 3.07 bits per heavy atom. The number of hydrogen-bond acceptors (Lipinski definition) is 2. The van der Waals surface area contributed by atoms with Gasteiger partial charge in [0, 0.05) is 12.1 Å². The molecule has 80 valence electrons. The highest BCUT2D eigenvalue weighted by Gasteiger charge is 2.20. The standard InChI is InChI=1S/C12H15NO2/c1-3-9-4-5-10-7-13-12(14)8(2)15-11(10)6-9/h4-6,8H,3,7H2,1-2H3,(H,13,14). The average molecular weight is 205 g/mol. The summed E-state index contributed by atoms with van der Waals surface area (Å²) in [5, 5.41) is 2.82. The zero-order valence-electron chi connectivity index (χ0n) is 9.04. The molecule has 15 heavy (non-hydrogen) atoms. The second-order valence-corrected chi connectivity index (χ2v) is 3.77. The van der Waals surface area contributed by atoms with Gasteiger partial charge in [0.15, 0.2) is 6.10 Å². The Labute approximate surface area is 89.4 Å². The number of rotatable bonds is 1. The lowest BCUT2D eigenvalue weighted by Gasteiger charge is -2.11. The number of ether oxygens (including phenoxy) is 1. The molecule has 0 spiro atoms. The zero-order chi connectivity index (χ0) is 10.8. The van der Waals surface area contributed by atoms with Crippen LogP contribution in [0, 0.1) is 0 Å². The van der Waals surface area contributed by atoms with Crippen LogP contribution in [0.3, 0.4) is 0 Å². The van der Waals surface area contributed by atoms with Gasteiger partial charge in [0.05, 0.1) is 0 Å². The van der Waals surface area contributed by atoms with Crippen molar-refractivity contribution in [3.63, 3.8) is 0 Å². The van der Waals surface area contributed by atoms with Gasteiger partial charge in [-0.1, -0.05) is 19.1 Å². The summed E-state index contributed by atoms with van der Waals surface area (Å²) >= 11 is 0. The summed E-state index contributed by atoms with van der Waals surface area (Å²) in [6.45, 7) is 4.43. The molecule has 1 aromatic carbocycles. The molecule has 1 unspecified atom stereocenters. The van der Waals surface area contributed by atoms with Gasteiger partial charge in [-0.25, -0.2) is 0 Å². The van der Waals surface area contributed by atoms with Crippen LogP contribution in [-0.4, -0.2) is 12.0 Å². The first-order chi connectivity index (χ1) is 7.20. The van der Waals surface area contributed by atoms with Crippen LogP contribution in [0.25, 0.3) is 0 Å². The molecule has 0 fully saturated rings. The summed E-state index contributed by atoms with van der Waals surface area (Å²) in [6.07, 6.45) is 0.574. The van der Waals surface area contributed by atoms with E-state index in [1.807, 2.05) is 12.1 Å².